The Hall–Kier alpha value is -2.00. The molecule has 0 aliphatic heterocycles. The summed E-state index contributed by atoms with van der Waals surface area (Å²) in [6.45, 7) is 2.15. The molecular formula is C18H21NO2. The number of benzene rings is 2. The van der Waals surface area contributed by atoms with E-state index in [-0.39, 0.29) is 12.1 Å². The predicted molar refractivity (Wildman–Crippen MR) is 83.7 cm³/mol. The Balaban J connectivity index is 1.81. The van der Waals surface area contributed by atoms with Crippen LogP contribution in [0.5, 0.6) is 11.5 Å². The van der Waals surface area contributed by atoms with Gasteiger partial charge in [0.15, 0.2) is 0 Å². The average Bonchev–Trinajstić information content (AvgIpc) is 2.92. The Kier molecular flexibility index (Phi) is 3.84. The summed E-state index contributed by atoms with van der Waals surface area (Å²) in [6, 6.07) is 14.4. The fraction of sp³-hybridized carbons (Fsp3) is 0.333. The van der Waals surface area contributed by atoms with E-state index in [9.17, 15) is 5.11 Å². The van der Waals surface area contributed by atoms with Gasteiger partial charge in [-0.05, 0) is 43.0 Å². The number of nitrogens with one attached hydrogen (secondary N) is 1. The highest BCUT2D eigenvalue weighted by Gasteiger charge is 2.26. The van der Waals surface area contributed by atoms with Crippen molar-refractivity contribution in [3.8, 4) is 11.5 Å². The second kappa shape index (κ2) is 5.78. The van der Waals surface area contributed by atoms with E-state index in [1.165, 1.54) is 5.56 Å². The Morgan fingerprint density at radius 3 is 2.81 bits per heavy atom. The highest BCUT2D eigenvalue weighted by atomic mass is 16.5. The number of aromatic hydroxyl groups is 1. The maximum absolute atomic E-state index is 9.93. The lowest BCUT2D eigenvalue weighted by molar-refractivity contribution is 0.393. The van der Waals surface area contributed by atoms with Crippen molar-refractivity contribution in [3.05, 3.63) is 59.2 Å². The summed E-state index contributed by atoms with van der Waals surface area (Å²) < 4.78 is 5.44. The minimum Gasteiger partial charge on any atom is -0.508 e. The lowest BCUT2D eigenvalue weighted by Crippen LogP contribution is -2.23. The van der Waals surface area contributed by atoms with Crippen molar-refractivity contribution in [3.63, 3.8) is 0 Å². The SMILES string of the molecule is COc1ccccc1[C@H](C)NC1CCc2c(O)cccc21. The standard InChI is InChI=1S/C18H21NO2/c1-12(13-6-3-4-9-18(13)21-2)19-16-11-10-15-14(16)7-5-8-17(15)20/h3-9,12,16,19-20H,10-11H2,1-2H3/t12-,16?/m0/s1. The van der Waals surface area contributed by atoms with Crippen molar-refractivity contribution in [2.45, 2.75) is 31.8 Å². The van der Waals surface area contributed by atoms with Crippen LogP contribution in [-0.4, -0.2) is 12.2 Å². The normalized spacial score (nSPS) is 18.3. The quantitative estimate of drug-likeness (QED) is 0.898. The molecule has 21 heavy (non-hydrogen) atoms. The second-order valence-electron chi connectivity index (χ2n) is 5.57. The first-order valence-corrected chi connectivity index (χ1v) is 7.40. The second-order valence-corrected chi connectivity index (χ2v) is 5.57. The Morgan fingerprint density at radius 2 is 2.00 bits per heavy atom. The van der Waals surface area contributed by atoms with Crippen molar-refractivity contribution >= 4 is 0 Å². The zero-order chi connectivity index (χ0) is 14.8. The van der Waals surface area contributed by atoms with E-state index in [1.54, 1.807) is 13.2 Å². The van der Waals surface area contributed by atoms with Crippen molar-refractivity contribution in [2.75, 3.05) is 7.11 Å². The summed E-state index contributed by atoms with van der Waals surface area (Å²) in [5.74, 6) is 1.33. The molecule has 0 heterocycles. The van der Waals surface area contributed by atoms with E-state index >= 15 is 0 Å². The number of phenolic OH excluding ortho intramolecular Hbond substituents is 1. The third kappa shape index (κ3) is 2.61. The number of phenols is 1. The molecule has 0 bridgehead atoms. The largest absolute Gasteiger partial charge is 0.508 e. The lowest BCUT2D eigenvalue weighted by atomic mass is 10.0. The molecule has 2 N–H and O–H groups in total. The van der Waals surface area contributed by atoms with Gasteiger partial charge in [0.1, 0.15) is 11.5 Å². The van der Waals surface area contributed by atoms with Crippen LogP contribution in [0.3, 0.4) is 0 Å². The van der Waals surface area contributed by atoms with Gasteiger partial charge in [-0.1, -0.05) is 30.3 Å². The topological polar surface area (TPSA) is 41.5 Å². The zero-order valence-corrected chi connectivity index (χ0v) is 12.5. The highest BCUT2D eigenvalue weighted by molar-refractivity contribution is 5.44. The van der Waals surface area contributed by atoms with Crippen molar-refractivity contribution in [2.24, 2.45) is 0 Å². The molecule has 1 aliphatic rings. The fourth-order valence-corrected chi connectivity index (χ4v) is 3.22. The molecule has 0 aromatic heterocycles. The summed E-state index contributed by atoms with van der Waals surface area (Å²) in [5, 5.41) is 13.6. The smallest absolute Gasteiger partial charge is 0.123 e. The van der Waals surface area contributed by atoms with Gasteiger partial charge in [-0.2, -0.15) is 0 Å². The summed E-state index contributed by atoms with van der Waals surface area (Å²) in [5.41, 5.74) is 3.47. The van der Waals surface area contributed by atoms with E-state index in [2.05, 4.69) is 24.4 Å². The first-order valence-electron chi connectivity index (χ1n) is 7.40. The molecule has 1 unspecified atom stereocenters. The van der Waals surface area contributed by atoms with Crippen LogP contribution in [0.4, 0.5) is 0 Å². The monoisotopic (exact) mass is 283 g/mol. The maximum Gasteiger partial charge on any atom is 0.123 e. The molecule has 0 radical (unpaired) electrons. The molecule has 2 aromatic rings. The molecular weight excluding hydrogens is 262 g/mol. The number of hydrogen-bond donors (Lipinski definition) is 2. The van der Waals surface area contributed by atoms with Crippen LogP contribution in [0.1, 0.15) is 42.1 Å². The van der Waals surface area contributed by atoms with Crippen molar-refractivity contribution in [1.82, 2.24) is 5.32 Å². The molecule has 3 nitrogen and oxygen atoms in total. The van der Waals surface area contributed by atoms with Crippen LogP contribution in [0.15, 0.2) is 42.5 Å². The molecule has 3 rings (SSSR count). The predicted octanol–water partition coefficient (Wildman–Crippen LogP) is 3.74. The van der Waals surface area contributed by atoms with Crippen LogP contribution < -0.4 is 10.1 Å². The Labute approximate surface area is 125 Å². The first-order chi connectivity index (χ1) is 10.2. The number of methoxy groups -OCH3 is 1. The summed E-state index contributed by atoms with van der Waals surface area (Å²) in [7, 11) is 1.70. The molecule has 0 fully saturated rings. The van der Waals surface area contributed by atoms with E-state index in [0.29, 0.717) is 5.75 Å². The van der Waals surface area contributed by atoms with E-state index in [1.807, 2.05) is 24.3 Å². The van der Waals surface area contributed by atoms with Crippen LogP contribution in [0.2, 0.25) is 0 Å². The van der Waals surface area contributed by atoms with E-state index in [0.717, 1.165) is 29.7 Å². The minimum absolute atomic E-state index is 0.194. The summed E-state index contributed by atoms with van der Waals surface area (Å²) in [6.07, 6.45) is 1.95. The molecule has 110 valence electrons. The number of para-hydroxylation sites is 1. The van der Waals surface area contributed by atoms with Crippen LogP contribution in [0, 0.1) is 0 Å². The Morgan fingerprint density at radius 1 is 1.19 bits per heavy atom. The van der Waals surface area contributed by atoms with Gasteiger partial charge in [0, 0.05) is 17.6 Å². The van der Waals surface area contributed by atoms with Gasteiger partial charge in [0.05, 0.1) is 7.11 Å². The molecule has 0 saturated carbocycles. The first kappa shape index (κ1) is 14.0. The van der Waals surface area contributed by atoms with Crippen LogP contribution in [-0.2, 0) is 6.42 Å². The van der Waals surface area contributed by atoms with Gasteiger partial charge in [0.2, 0.25) is 0 Å². The van der Waals surface area contributed by atoms with Crippen molar-refractivity contribution in [1.29, 1.82) is 0 Å². The van der Waals surface area contributed by atoms with Gasteiger partial charge in [-0.25, -0.2) is 0 Å². The zero-order valence-electron chi connectivity index (χ0n) is 12.5. The fourth-order valence-electron chi connectivity index (χ4n) is 3.22. The third-order valence-electron chi connectivity index (χ3n) is 4.30. The number of rotatable bonds is 4. The van der Waals surface area contributed by atoms with Gasteiger partial charge in [-0.3, -0.25) is 0 Å². The average molecular weight is 283 g/mol. The maximum atomic E-state index is 9.93. The van der Waals surface area contributed by atoms with E-state index < -0.39 is 0 Å². The number of ether oxygens (including phenoxy) is 1. The van der Waals surface area contributed by atoms with Gasteiger partial charge in [0.25, 0.3) is 0 Å². The van der Waals surface area contributed by atoms with Crippen molar-refractivity contribution < 1.29 is 9.84 Å². The number of hydrogen-bond acceptors (Lipinski definition) is 3. The summed E-state index contributed by atoms with van der Waals surface area (Å²) in [4.78, 5) is 0. The molecule has 3 heteroatoms. The molecule has 0 amide bonds. The Bertz CT molecular complexity index is 639. The molecule has 2 atom stereocenters. The molecule has 0 saturated heterocycles. The minimum atomic E-state index is 0.194. The highest BCUT2D eigenvalue weighted by Crippen LogP contribution is 2.38. The number of fused-ring (bicyclic) bond motifs is 1. The van der Waals surface area contributed by atoms with Gasteiger partial charge >= 0.3 is 0 Å². The van der Waals surface area contributed by atoms with Gasteiger partial charge < -0.3 is 15.2 Å². The molecule has 0 spiro atoms. The van der Waals surface area contributed by atoms with Crippen LogP contribution >= 0.6 is 0 Å². The molecule has 1 aliphatic carbocycles. The van der Waals surface area contributed by atoms with Crippen LogP contribution in [0.25, 0.3) is 0 Å². The summed E-state index contributed by atoms with van der Waals surface area (Å²) >= 11 is 0. The van der Waals surface area contributed by atoms with E-state index in [4.69, 9.17) is 4.74 Å². The third-order valence-corrected chi connectivity index (χ3v) is 4.30. The lowest BCUT2D eigenvalue weighted by Gasteiger charge is -2.22. The van der Waals surface area contributed by atoms with Gasteiger partial charge in [-0.15, -0.1) is 0 Å². The molecule has 2 aromatic carbocycles.